The molecule has 3 fully saturated rings. The van der Waals surface area contributed by atoms with E-state index < -0.39 is 0 Å². The fourth-order valence-corrected chi connectivity index (χ4v) is 11.1. The second-order valence-electron chi connectivity index (χ2n) is 23.2. The van der Waals surface area contributed by atoms with Gasteiger partial charge in [0.25, 0.3) is 17.7 Å². The molecule has 0 N–H and O–H groups in total. The number of carbonyl (C=O) groups is 3. The third kappa shape index (κ3) is 16.7. The fourth-order valence-electron chi connectivity index (χ4n) is 11.1. The van der Waals surface area contributed by atoms with E-state index in [-0.39, 0.29) is 35.8 Å². The van der Waals surface area contributed by atoms with Gasteiger partial charge in [0.2, 0.25) is 17.7 Å². The molecule has 0 radical (unpaired) electrons. The van der Waals surface area contributed by atoms with E-state index in [1.165, 1.54) is 21.3 Å². The maximum absolute atomic E-state index is 13.3. The van der Waals surface area contributed by atoms with Gasteiger partial charge in [0.1, 0.15) is 39.5 Å². The molecule has 9 aromatic rings. The molecular weight excluding hydrogens is 1180 g/mol. The lowest BCUT2D eigenvalue weighted by molar-refractivity contribution is 0.0724. The Bertz CT molecular complexity index is 3590. The number of likely N-dealkylation sites (tertiary alicyclic amines) is 3. The van der Waals surface area contributed by atoms with E-state index in [9.17, 15) is 14.4 Å². The molecule has 3 saturated heterocycles. The van der Waals surface area contributed by atoms with E-state index in [2.05, 4.69) is 45.9 Å². The first kappa shape index (κ1) is 65.4. The number of oxime groups is 3. The predicted octanol–water partition coefficient (Wildman–Crippen LogP) is 10.2. The van der Waals surface area contributed by atoms with Gasteiger partial charge in [0.15, 0.2) is 17.5 Å². The van der Waals surface area contributed by atoms with Crippen LogP contribution >= 0.6 is 0 Å². The predicted molar refractivity (Wildman–Crippen MR) is 349 cm³/mol. The van der Waals surface area contributed by atoms with Crippen LogP contribution in [0.4, 0.5) is 0 Å². The molecule has 480 valence electrons. The van der Waals surface area contributed by atoms with Crippen LogP contribution in [-0.2, 0) is 34.1 Å². The van der Waals surface area contributed by atoms with Crippen LogP contribution in [0.2, 0.25) is 0 Å². The SMILES string of the molecule is CO/N=C1/C[C@@H](c2noc(CN(C)C)n2)N(C(=O)c2ccc(-c3ccccc3)cc2)C1.CO/N=C1\C[C@@H](c2noc(CN(C)C)n2)N(C(=O)c2ccc(-c3ccccc3)cc2)C1.CON=C1C[C@@H](c2noc(CN(C)C)n2)N(C(=O)c2ccc(-c3ccccc3)cc2)C1. The second-order valence-corrected chi connectivity index (χ2v) is 23.2. The Balaban J connectivity index is 0.000000153. The smallest absolute Gasteiger partial charge is 0.254 e. The molecule has 24 nitrogen and oxygen atoms in total. The Hall–Kier alpha value is -10.6. The highest BCUT2D eigenvalue weighted by molar-refractivity contribution is 6.02. The van der Waals surface area contributed by atoms with Crippen LogP contribution < -0.4 is 0 Å². The van der Waals surface area contributed by atoms with E-state index in [1.807, 2.05) is 221 Å². The molecule has 3 aliphatic heterocycles. The van der Waals surface area contributed by atoms with Crippen LogP contribution in [0.5, 0.6) is 0 Å². The van der Waals surface area contributed by atoms with Gasteiger partial charge in [-0.15, -0.1) is 0 Å². The molecule has 93 heavy (non-hydrogen) atoms. The van der Waals surface area contributed by atoms with Crippen LogP contribution in [0.15, 0.2) is 193 Å². The molecule has 0 spiro atoms. The summed E-state index contributed by atoms with van der Waals surface area (Å²) in [6.07, 6.45) is 1.51. The normalized spacial score (nSPS) is 17.5. The summed E-state index contributed by atoms with van der Waals surface area (Å²) in [6.45, 7) is 2.68. The van der Waals surface area contributed by atoms with Gasteiger partial charge in [-0.05, 0) is 112 Å². The van der Waals surface area contributed by atoms with Crippen molar-refractivity contribution in [2.45, 2.75) is 57.0 Å². The zero-order valence-corrected chi connectivity index (χ0v) is 53.6. The number of hydrogen-bond acceptors (Lipinski definition) is 21. The van der Waals surface area contributed by atoms with Crippen LogP contribution in [0, 0.1) is 0 Å². The molecule has 0 unspecified atom stereocenters. The van der Waals surface area contributed by atoms with E-state index in [0.717, 1.165) is 50.5 Å². The lowest BCUT2D eigenvalue weighted by Crippen LogP contribution is -2.31. The molecule has 12 rings (SSSR count). The number of rotatable bonds is 18. The number of nitrogens with zero attached hydrogens (tertiary/aromatic N) is 15. The highest BCUT2D eigenvalue weighted by Crippen LogP contribution is 2.35. The molecule has 0 aliphatic carbocycles. The molecule has 6 heterocycles. The van der Waals surface area contributed by atoms with Crippen molar-refractivity contribution in [3.63, 3.8) is 0 Å². The van der Waals surface area contributed by atoms with Gasteiger partial charge < -0.3 is 57.5 Å². The minimum atomic E-state index is -0.352. The molecular formula is C69H75N15O9. The van der Waals surface area contributed by atoms with Gasteiger partial charge in [0, 0.05) is 36.0 Å². The molecule has 3 aromatic heterocycles. The topological polar surface area (TPSA) is 252 Å². The van der Waals surface area contributed by atoms with E-state index in [4.69, 9.17) is 28.1 Å². The van der Waals surface area contributed by atoms with Crippen molar-refractivity contribution in [2.75, 3.05) is 83.2 Å². The average Bonchev–Trinajstić information content (AvgIpc) is 1.75. The van der Waals surface area contributed by atoms with Crippen LogP contribution in [0.1, 0.15) is 104 Å². The monoisotopic (exact) mass is 1260 g/mol. The van der Waals surface area contributed by atoms with Gasteiger partial charge >= 0.3 is 0 Å². The first-order valence-electron chi connectivity index (χ1n) is 30.2. The number of benzene rings is 6. The Morgan fingerprint density at radius 2 is 0.624 bits per heavy atom. The minimum absolute atomic E-state index is 0.107. The Kier molecular flexibility index (Phi) is 21.8. The van der Waals surface area contributed by atoms with Gasteiger partial charge in [-0.2, -0.15) is 15.0 Å². The highest BCUT2D eigenvalue weighted by atomic mass is 16.6. The summed E-state index contributed by atoms with van der Waals surface area (Å²) in [4.78, 5) is 79.4. The molecule has 6 aromatic carbocycles. The summed E-state index contributed by atoms with van der Waals surface area (Å²) in [7, 11) is 16.1. The maximum Gasteiger partial charge on any atom is 0.254 e. The summed E-state index contributed by atoms with van der Waals surface area (Å²) in [5.74, 6) is 2.65. The summed E-state index contributed by atoms with van der Waals surface area (Å²) >= 11 is 0. The van der Waals surface area contributed by atoms with E-state index in [0.29, 0.717) is 110 Å². The zero-order chi connectivity index (χ0) is 65.4. The third-order valence-electron chi connectivity index (χ3n) is 15.3. The van der Waals surface area contributed by atoms with E-state index >= 15 is 0 Å². The third-order valence-corrected chi connectivity index (χ3v) is 15.3. The number of amides is 3. The fraction of sp³-hybridized carbons (Fsp3) is 0.304. The standard InChI is InChI=1S/3C23H25N5O3/c3*1-27(2)15-21-24-22(26-31-21)20-13-19(25-30-3)14-28(20)23(29)18-11-9-17(10-12-18)16-7-5-4-6-8-16/h3*4-12,20H,13-15H2,1-3H3/b25-19+;25-19-;/t3*20-/m000/s1. The summed E-state index contributed by atoms with van der Waals surface area (Å²) < 4.78 is 16.1. The molecule has 3 amide bonds. The van der Waals surface area contributed by atoms with Gasteiger partial charge in [-0.25, -0.2) is 0 Å². The van der Waals surface area contributed by atoms with Crippen molar-refractivity contribution in [2.24, 2.45) is 15.5 Å². The summed E-state index contributed by atoms with van der Waals surface area (Å²) in [5.41, 5.74) is 10.6. The quantitative estimate of drug-likeness (QED) is 0.0724. The van der Waals surface area contributed by atoms with Gasteiger partial charge in [0.05, 0.1) is 56.4 Å². The number of hydrogen-bond donors (Lipinski definition) is 0. The minimum Gasteiger partial charge on any atom is -0.399 e. The Labute approximate surface area is 539 Å². The molecule has 0 bridgehead atoms. The van der Waals surface area contributed by atoms with Gasteiger partial charge in [-0.3, -0.25) is 14.4 Å². The number of carbonyl (C=O) groups excluding carboxylic acids is 3. The molecule has 3 atom stereocenters. The van der Waals surface area contributed by atoms with Crippen molar-refractivity contribution in [1.82, 2.24) is 59.8 Å². The van der Waals surface area contributed by atoms with Crippen molar-refractivity contribution >= 4 is 34.9 Å². The van der Waals surface area contributed by atoms with Crippen molar-refractivity contribution in [3.8, 4) is 33.4 Å². The molecule has 24 heteroatoms. The van der Waals surface area contributed by atoms with Crippen LogP contribution in [0.25, 0.3) is 33.4 Å². The van der Waals surface area contributed by atoms with Gasteiger partial charge in [-0.1, -0.05) is 158 Å². The molecule has 3 aliphatic rings. The van der Waals surface area contributed by atoms with Crippen molar-refractivity contribution < 1.29 is 42.5 Å². The zero-order valence-electron chi connectivity index (χ0n) is 53.6. The van der Waals surface area contributed by atoms with Crippen LogP contribution in [-0.4, -0.2) is 178 Å². The summed E-state index contributed by atoms with van der Waals surface area (Å²) in [5, 5.41) is 24.6. The highest BCUT2D eigenvalue weighted by Gasteiger charge is 2.41. The maximum atomic E-state index is 13.3. The Morgan fingerprint density at radius 1 is 0.387 bits per heavy atom. The average molecular weight is 1260 g/mol. The second kappa shape index (κ2) is 31.0. The summed E-state index contributed by atoms with van der Waals surface area (Å²) in [6, 6.07) is 52.0. The lowest BCUT2D eigenvalue weighted by atomic mass is 10.0. The first-order valence-corrected chi connectivity index (χ1v) is 30.2. The van der Waals surface area contributed by atoms with E-state index in [1.54, 1.807) is 14.7 Å². The van der Waals surface area contributed by atoms with Crippen LogP contribution in [0.3, 0.4) is 0 Å². The largest absolute Gasteiger partial charge is 0.399 e. The molecule has 0 saturated carbocycles. The van der Waals surface area contributed by atoms with Crippen molar-refractivity contribution in [3.05, 3.63) is 216 Å². The number of aromatic nitrogens is 6. The Morgan fingerprint density at radius 3 is 0.849 bits per heavy atom. The lowest BCUT2D eigenvalue weighted by Gasteiger charge is -2.21. The van der Waals surface area contributed by atoms with Crippen molar-refractivity contribution in [1.29, 1.82) is 0 Å². The first-order chi connectivity index (χ1) is 45.1.